The van der Waals surface area contributed by atoms with Crippen molar-refractivity contribution < 1.29 is 9.53 Å². The monoisotopic (exact) mass is 260 g/mol. The third-order valence-corrected chi connectivity index (χ3v) is 2.71. The largest absolute Gasteiger partial charge is 0.465 e. The molecule has 2 rings (SSSR count). The molecule has 0 amide bonds. The third kappa shape index (κ3) is 3.07. The first kappa shape index (κ1) is 13.5. The van der Waals surface area contributed by atoms with E-state index in [1.165, 1.54) is 7.11 Å². The molecule has 0 radical (unpaired) electrons. The Morgan fingerprint density at radius 2 is 1.80 bits per heavy atom. The molecule has 2 aromatic rings. The molecule has 0 aliphatic heterocycles. The Labute approximate surface area is 118 Å². The Hall–Kier alpha value is -2.97. The predicted octanol–water partition coefficient (Wildman–Crippen LogP) is 2.85. The summed E-state index contributed by atoms with van der Waals surface area (Å²) in [4.78, 5) is 11.5. The number of methoxy groups -OCH3 is 1. The van der Waals surface area contributed by atoms with Crippen molar-refractivity contribution >= 4 is 5.97 Å². The molecule has 0 N–H and O–H groups in total. The van der Waals surface area contributed by atoms with Crippen LogP contribution in [0.4, 0.5) is 0 Å². The van der Waals surface area contributed by atoms with Gasteiger partial charge in [-0.2, -0.15) is 0 Å². The summed E-state index contributed by atoms with van der Waals surface area (Å²) >= 11 is 0. The minimum atomic E-state index is -0.406. The maximum Gasteiger partial charge on any atom is 0.337 e. The Kier molecular flexibility index (Phi) is 4.22. The zero-order valence-electron chi connectivity index (χ0n) is 11.0. The summed E-state index contributed by atoms with van der Waals surface area (Å²) in [5.41, 5.74) is 2.61. The molecule has 2 aromatic carbocycles. The predicted molar refractivity (Wildman–Crippen MR) is 78.1 cm³/mol. The van der Waals surface area contributed by atoms with Gasteiger partial charge in [-0.05, 0) is 30.3 Å². The van der Waals surface area contributed by atoms with Crippen molar-refractivity contribution in [3.8, 4) is 24.2 Å². The zero-order valence-corrected chi connectivity index (χ0v) is 11.0. The summed E-state index contributed by atoms with van der Waals surface area (Å²) < 4.78 is 4.69. The van der Waals surface area contributed by atoms with Crippen molar-refractivity contribution in [1.82, 2.24) is 0 Å². The van der Waals surface area contributed by atoms with E-state index in [1.54, 1.807) is 18.2 Å². The Bertz CT molecular complexity index is 725. The zero-order chi connectivity index (χ0) is 14.4. The van der Waals surface area contributed by atoms with Crippen LogP contribution in [0.2, 0.25) is 0 Å². The lowest BCUT2D eigenvalue weighted by molar-refractivity contribution is 0.0600. The molecule has 0 spiro atoms. The van der Waals surface area contributed by atoms with Crippen molar-refractivity contribution in [3.63, 3.8) is 0 Å². The minimum Gasteiger partial charge on any atom is -0.465 e. The van der Waals surface area contributed by atoms with E-state index in [2.05, 4.69) is 22.5 Å². The number of terminal acetylenes is 1. The second kappa shape index (κ2) is 6.27. The number of carbonyl (C=O) groups is 1. The molecule has 0 heterocycles. The molecule has 2 nitrogen and oxygen atoms in total. The maximum atomic E-state index is 11.5. The second-order valence-electron chi connectivity index (χ2n) is 4.01. The van der Waals surface area contributed by atoms with Gasteiger partial charge < -0.3 is 4.74 Å². The fourth-order valence-corrected chi connectivity index (χ4v) is 1.68. The van der Waals surface area contributed by atoms with Crippen LogP contribution in [-0.4, -0.2) is 13.1 Å². The SMILES string of the molecule is C#Cc1ccc(C(=O)OC)cc1C#Cc1ccccc1. The molecule has 0 saturated heterocycles. The molecule has 0 unspecified atom stereocenters. The molecule has 0 fully saturated rings. The van der Waals surface area contributed by atoms with Crippen LogP contribution in [0.1, 0.15) is 27.0 Å². The number of esters is 1. The van der Waals surface area contributed by atoms with Gasteiger partial charge in [0.05, 0.1) is 12.7 Å². The second-order valence-corrected chi connectivity index (χ2v) is 4.01. The van der Waals surface area contributed by atoms with Gasteiger partial charge in [0.25, 0.3) is 0 Å². The molecule has 0 atom stereocenters. The van der Waals surface area contributed by atoms with Crippen LogP contribution in [0.5, 0.6) is 0 Å². The van der Waals surface area contributed by atoms with Gasteiger partial charge in [-0.25, -0.2) is 4.79 Å². The van der Waals surface area contributed by atoms with Crippen molar-refractivity contribution in [3.05, 3.63) is 70.8 Å². The van der Waals surface area contributed by atoms with Gasteiger partial charge in [0.1, 0.15) is 0 Å². The highest BCUT2D eigenvalue weighted by Crippen LogP contribution is 2.11. The third-order valence-electron chi connectivity index (χ3n) is 2.71. The molecular formula is C18H12O2. The summed E-state index contributed by atoms with van der Waals surface area (Å²) in [7, 11) is 1.34. The van der Waals surface area contributed by atoms with Crippen LogP contribution < -0.4 is 0 Å². The molecular weight excluding hydrogens is 248 g/mol. The maximum absolute atomic E-state index is 11.5. The number of carbonyl (C=O) groups excluding carboxylic acids is 1. The molecule has 20 heavy (non-hydrogen) atoms. The summed E-state index contributed by atoms with van der Waals surface area (Å²) in [5, 5.41) is 0. The summed E-state index contributed by atoms with van der Waals surface area (Å²) in [6.45, 7) is 0. The highest BCUT2D eigenvalue weighted by molar-refractivity contribution is 5.90. The van der Waals surface area contributed by atoms with Gasteiger partial charge in [-0.15, -0.1) is 6.42 Å². The number of benzene rings is 2. The van der Waals surface area contributed by atoms with E-state index in [9.17, 15) is 4.79 Å². The average Bonchev–Trinajstić information content (AvgIpc) is 2.52. The highest BCUT2D eigenvalue weighted by Gasteiger charge is 2.07. The lowest BCUT2D eigenvalue weighted by atomic mass is 10.0. The number of ether oxygens (including phenoxy) is 1. The Balaban J connectivity index is 2.43. The fraction of sp³-hybridized carbons (Fsp3) is 0.0556. The smallest absolute Gasteiger partial charge is 0.337 e. The van der Waals surface area contributed by atoms with Crippen molar-refractivity contribution in [1.29, 1.82) is 0 Å². The van der Waals surface area contributed by atoms with Crippen LogP contribution in [0.25, 0.3) is 0 Å². The Morgan fingerprint density at radius 3 is 2.45 bits per heavy atom. The summed E-state index contributed by atoms with van der Waals surface area (Å²) in [6.07, 6.45) is 5.44. The van der Waals surface area contributed by atoms with E-state index >= 15 is 0 Å². The molecule has 0 aliphatic carbocycles. The normalized spacial score (nSPS) is 9.00. The first-order valence-corrected chi connectivity index (χ1v) is 6.00. The van der Waals surface area contributed by atoms with Crippen LogP contribution >= 0.6 is 0 Å². The van der Waals surface area contributed by atoms with Crippen molar-refractivity contribution in [2.24, 2.45) is 0 Å². The molecule has 2 heteroatoms. The molecule has 0 saturated carbocycles. The topological polar surface area (TPSA) is 26.3 Å². The molecule has 0 aromatic heterocycles. The van der Waals surface area contributed by atoms with Crippen molar-refractivity contribution in [2.45, 2.75) is 0 Å². The van der Waals surface area contributed by atoms with E-state index in [1.807, 2.05) is 30.3 Å². The lowest BCUT2D eigenvalue weighted by Gasteiger charge is -2.02. The van der Waals surface area contributed by atoms with Gasteiger partial charge in [0.15, 0.2) is 0 Å². The van der Waals surface area contributed by atoms with Gasteiger partial charge in [-0.3, -0.25) is 0 Å². The number of hydrogen-bond acceptors (Lipinski definition) is 2. The molecule has 0 aliphatic rings. The minimum absolute atomic E-state index is 0.406. The summed E-state index contributed by atoms with van der Waals surface area (Å²) in [5.74, 6) is 8.18. The summed E-state index contributed by atoms with van der Waals surface area (Å²) in [6, 6.07) is 14.6. The molecule has 96 valence electrons. The standard InChI is InChI=1S/C18H12O2/c1-3-15-11-12-17(18(19)20-2)13-16(15)10-9-14-7-5-4-6-8-14/h1,4-8,11-13H,2H3. The van der Waals surface area contributed by atoms with Gasteiger partial charge in [0.2, 0.25) is 0 Å². The van der Waals surface area contributed by atoms with Gasteiger partial charge >= 0.3 is 5.97 Å². The molecule has 0 bridgehead atoms. The average molecular weight is 260 g/mol. The Morgan fingerprint density at radius 1 is 1.05 bits per heavy atom. The van der Waals surface area contributed by atoms with Crippen molar-refractivity contribution in [2.75, 3.05) is 7.11 Å². The van der Waals surface area contributed by atoms with E-state index in [0.29, 0.717) is 16.7 Å². The van der Waals surface area contributed by atoms with Crippen LogP contribution in [0.15, 0.2) is 48.5 Å². The van der Waals surface area contributed by atoms with E-state index in [0.717, 1.165) is 5.56 Å². The highest BCUT2D eigenvalue weighted by atomic mass is 16.5. The van der Waals surface area contributed by atoms with Crippen LogP contribution in [0, 0.1) is 24.2 Å². The lowest BCUT2D eigenvalue weighted by Crippen LogP contribution is -2.02. The van der Waals surface area contributed by atoms with Gasteiger partial charge in [0, 0.05) is 16.7 Å². The number of hydrogen-bond donors (Lipinski definition) is 0. The van der Waals surface area contributed by atoms with Gasteiger partial charge in [-0.1, -0.05) is 36.0 Å². The number of rotatable bonds is 1. The quantitative estimate of drug-likeness (QED) is 0.582. The fourth-order valence-electron chi connectivity index (χ4n) is 1.68. The van der Waals surface area contributed by atoms with E-state index < -0.39 is 5.97 Å². The van der Waals surface area contributed by atoms with Crippen LogP contribution in [0.3, 0.4) is 0 Å². The first-order chi connectivity index (χ1) is 9.74. The first-order valence-electron chi connectivity index (χ1n) is 6.00. The van der Waals surface area contributed by atoms with E-state index in [-0.39, 0.29) is 0 Å². The van der Waals surface area contributed by atoms with E-state index in [4.69, 9.17) is 6.42 Å². The van der Waals surface area contributed by atoms with Crippen LogP contribution in [-0.2, 0) is 4.74 Å².